The van der Waals surface area contributed by atoms with Gasteiger partial charge in [0, 0.05) is 5.54 Å². The molecular weight excluding hydrogens is 226 g/mol. The standard InChI is InChI=1S/C15H23NO2/c1-14(2,13(17)18)15(3,4)16-11-10-12-8-6-5-7-9-12/h5-9,16H,10-11H2,1-4H3,(H,17,18). The molecule has 100 valence electrons. The van der Waals surface area contributed by atoms with Crippen molar-refractivity contribution in [2.75, 3.05) is 6.54 Å². The minimum absolute atomic E-state index is 0.451. The highest BCUT2D eigenvalue weighted by Gasteiger charge is 2.42. The van der Waals surface area contributed by atoms with E-state index in [0.29, 0.717) is 0 Å². The molecule has 0 bridgehead atoms. The highest BCUT2D eigenvalue weighted by Crippen LogP contribution is 2.30. The summed E-state index contributed by atoms with van der Waals surface area (Å²) in [4.78, 5) is 11.3. The number of carboxylic acids is 1. The molecule has 0 spiro atoms. The SMILES string of the molecule is CC(C)(NCCc1ccccc1)C(C)(C)C(=O)O. The molecule has 0 saturated carbocycles. The van der Waals surface area contributed by atoms with Gasteiger partial charge in [0.25, 0.3) is 0 Å². The fraction of sp³-hybridized carbons (Fsp3) is 0.533. The van der Waals surface area contributed by atoms with Gasteiger partial charge in [0.1, 0.15) is 0 Å². The Bertz CT molecular complexity index is 396. The second-order valence-corrected chi connectivity index (χ2v) is 5.72. The number of carboxylic acid groups (broad SMARTS) is 1. The van der Waals surface area contributed by atoms with Crippen LogP contribution < -0.4 is 5.32 Å². The molecule has 0 radical (unpaired) electrons. The summed E-state index contributed by atoms with van der Waals surface area (Å²) in [6.45, 7) is 8.15. The van der Waals surface area contributed by atoms with Crippen molar-refractivity contribution in [2.24, 2.45) is 5.41 Å². The molecule has 18 heavy (non-hydrogen) atoms. The smallest absolute Gasteiger partial charge is 0.310 e. The van der Waals surface area contributed by atoms with Crippen molar-refractivity contribution in [2.45, 2.75) is 39.7 Å². The number of aliphatic carboxylic acids is 1. The van der Waals surface area contributed by atoms with Crippen LogP contribution in [-0.4, -0.2) is 23.2 Å². The van der Waals surface area contributed by atoms with Crippen molar-refractivity contribution in [3.8, 4) is 0 Å². The third-order valence-electron chi connectivity index (χ3n) is 3.92. The van der Waals surface area contributed by atoms with E-state index in [2.05, 4.69) is 17.4 Å². The predicted molar refractivity (Wildman–Crippen MR) is 73.6 cm³/mol. The Kier molecular flexibility index (Phi) is 4.52. The summed E-state index contributed by atoms with van der Waals surface area (Å²) in [5, 5.41) is 12.6. The molecule has 0 unspecified atom stereocenters. The fourth-order valence-corrected chi connectivity index (χ4v) is 1.65. The summed E-state index contributed by atoms with van der Waals surface area (Å²) < 4.78 is 0. The molecule has 1 aromatic rings. The van der Waals surface area contributed by atoms with Crippen LogP contribution in [-0.2, 0) is 11.2 Å². The molecule has 1 rings (SSSR count). The van der Waals surface area contributed by atoms with E-state index >= 15 is 0 Å². The van der Waals surface area contributed by atoms with E-state index in [1.54, 1.807) is 13.8 Å². The van der Waals surface area contributed by atoms with Crippen LogP contribution in [0.3, 0.4) is 0 Å². The van der Waals surface area contributed by atoms with Crippen LogP contribution in [0.25, 0.3) is 0 Å². The van der Waals surface area contributed by atoms with Crippen molar-refractivity contribution < 1.29 is 9.90 Å². The second kappa shape index (κ2) is 5.53. The quantitative estimate of drug-likeness (QED) is 0.815. The van der Waals surface area contributed by atoms with Crippen LogP contribution in [0, 0.1) is 5.41 Å². The van der Waals surface area contributed by atoms with Gasteiger partial charge < -0.3 is 10.4 Å². The lowest BCUT2D eigenvalue weighted by Crippen LogP contribution is -2.55. The van der Waals surface area contributed by atoms with Gasteiger partial charge in [0.2, 0.25) is 0 Å². The summed E-state index contributed by atoms with van der Waals surface area (Å²) in [5.41, 5.74) is 0.00559. The lowest BCUT2D eigenvalue weighted by Gasteiger charge is -2.39. The molecular formula is C15H23NO2. The van der Waals surface area contributed by atoms with E-state index in [9.17, 15) is 9.90 Å². The normalized spacial score (nSPS) is 12.4. The molecule has 1 aromatic carbocycles. The largest absolute Gasteiger partial charge is 0.481 e. The van der Waals surface area contributed by atoms with Gasteiger partial charge in [-0.1, -0.05) is 30.3 Å². The summed E-state index contributed by atoms with van der Waals surface area (Å²) in [7, 11) is 0. The maximum absolute atomic E-state index is 11.3. The monoisotopic (exact) mass is 249 g/mol. The zero-order valence-corrected chi connectivity index (χ0v) is 11.7. The van der Waals surface area contributed by atoms with Crippen LogP contribution in [0.15, 0.2) is 30.3 Å². The number of benzene rings is 1. The molecule has 0 atom stereocenters. The summed E-state index contributed by atoms with van der Waals surface area (Å²) >= 11 is 0. The molecule has 0 aliphatic heterocycles. The van der Waals surface area contributed by atoms with Gasteiger partial charge in [0.05, 0.1) is 5.41 Å². The summed E-state index contributed by atoms with van der Waals surface area (Å²) in [5.74, 6) is -0.778. The minimum atomic E-state index is -0.802. The number of rotatable bonds is 6. The van der Waals surface area contributed by atoms with Gasteiger partial charge in [0.15, 0.2) is 0 Å². The Hall–Kier alpha value is -1.35. The first-order chi connectivity index (χ1) is 8.27. The topological polar surface area (TPSA) is 49.3 Å². The zero-order chi connectivity index (χ0) is 13.8. The lowest BCUT2D eigenvalue weighted by molar-refractivity contribution is -0.151. The molecule has 3 heteroatoms. The van der Waals surface area contributed by atoms with Crippen molar-refractivity contribution in [3.63, 3.8) is 0 Å². The molecule has 3 nitrogen and oxygen atoms in total. The van der Waals surface area contributed by atoms with E-state index in [4.69, 9.17) is 0 Å². The van der Waals surface area contributed by atoms with Gasteiger partial charge in [-0.2, -0.15) is 0 Å². The average Bonchev–Trinajstić information content (AvgIpc) is 2.29. The first-order valence-electron chi connectivity index (χ1n) is 6.30. The molecule has 0 aromatic heterocycles. The van der Waals surface area contributed by atoms with Crippen molar-refractivity contribution in [1.29, 1.82) is 0 Å². The van der Waals surface area contributed by atoms with E-state index in [1.165, 1.54) is 5.56 Å². The Morgan fingerprint density at radius 3 is 2.22 bits per heavy atom. The second-order valence-electron chi connectivity index (χ2n) is 5.72. The van der Waals surface area contributed by atoms with Crippen LogP contribution >= 0.6 is 0 Å². The molecule has 0 fully saturated rings. The number of hydrogen-bond donors (Lipinski definition) is 2. The third kappa shape index (κ3) is 3.33. The van der Waals surface area contributed by atoms with E-state index < -0.39 is 16.9 Å². The van der Waals surface area contributed by atoms with E-state index in [0.717, 1.165) is 13.0 Å². The Balaban J connectivity index is 2.55. The zero-order valence-electron chi connectivity index (χ0n) is 11.7. The van der Waals surface area contributed by atoms with Crippen LogP contribution in [0.5, 0.6) is 0 Å². The molecule has 0 saturated heterocycles. The summed E-state index contributed by atoms with van der Waals surface area (Å²) in [6.07, 6.45) is 0.903. The minimum Gasteiger partial charge on any atom is -0.481 e. The first-order valence-corrected chi connectivity index (χ1v) is 6.30. The maximum atomic E-state index is 11.3. The fourth-order valence-electron chi connectivity index (χ4n) is 1.65. The van der Waals surface area contributed by atoms with Gasteiger partial charge >= 0.3 is 5.97 Å². The lowest BCUT2D eigenvalue weighted by atomic mass is 9.74. The molecule has 0 heterocycles. The van der Waals surface area contributed by atoms with Crippen molar-refractivity contribution in [1.82, 2.24) is 5.32 Å². The predicted octanol–water partition coefficient (Wildman–Crippen LogP) is 2.71. The van der Waals surface area contributed by atoms with Crippen LogP contribution in [0.4, 0.5) is 0 Å². The van der Waals surface area contributed by atoms with Gasteiger partial charge in [-0.3, -0.25) is 4.79 Å². The number of nitrogens with one attached hydrogen (secondary N) is 1. The molecule has 0 aliphatic rings. The van der Waals surface area contributed by atoms with Gasteiger partial charge in [-0.15, -0.1) is 0 Å². The van der Waals surface area contributed by atoms with Crippen molar-refractivity contribution >= 4 is 5.97 Å². The van der Waals surface area contributed by atoms with Gasteiger partial charge in [-0.25, -0.2) is 0 Å². The number of hydrogen-bond acceptors (Lipinski definition) is 2. The number of carbonyl (C=O) groups is 1. The average molecular weight is 249 g/mol. The first kappa shape index (κ1) is 14.7. The third-order valence-corrected chi connectivity index (χ3v) is 3.92. The van der Waals surface area contributed by atoms with E-state index in [-0.39, 0.29) is 0 Å². The maximum Gasteiger partial charge on any atom is 0.310 e. The highest BCUT2D eigenvalue weighted by atomic mass is 16.4. The van der Waals surface area contributed by atoms with E-state index in [1.807, 2.05) is 32.0 Å². The van der Waals surface area contributed by atoms with Gasteiger partial charge in [-0.05, 0) is 46.2 Å². The van der Waals surface area contributed by atoms with Crippen LogP contribution in [0.1, 0.15) is 33.3 Å². The summed E-state index contributed by atoms with van der Waals surface area (Å²) in [6, 6.07) is 10.2. The Labute approximate surface area is 109 Å². The molecule has 0 aliphatic carbocycles. The Morgan fingerprint density at radius 1 is 1.17 bits per heavy atom. The van der Waals surface area contributed by atoms with Crippen molar-refractivity contribution in [3.05, 3.63) is 35.9 Å². The molecule has 2 N–H and O–H groups in total. The molecule has 0 amide bonds. The van der Waals surface area contributed by atoms with Crippen LogP contribution in [0.2, 0.25) is 0 Å². The Morgan fingerprint density at radius 2 is 1.72 bits per heavy atom. The highest BCUT2D eigenvalue weighted by molar-refractivity contribution is 5.75.